The first-order valence-electron chi connectivity index (χ1n) is 7.24. The number of rotatable bonds is 6. The Morgan fingerprint density at radius 3 is 3.05 bits per heavy atom. The average molecular weight is 314 g/mol. The van der Waals surface area contributed by atoms with Crippen molar-refractivity contribution >= 4 is 34.1 Å². The predicted molar refractivity (Wildman–Crippen MR) is 84.4 cm³/mol. The number of hydrogen-bond acceptors (Lipinski definition) is 6. The van der Waals surface area contributed by atoms with Crippen LogP contribution in [0.4, 0.5) is 5.13 Å². The van der Waals surface area contributed by atoms with Crippen molar-refractivity contribution in [3.8, 4) is 0 Å². The number of anilines is 1. The summed E-state index contributed by atoms with van der Waals surface area (Å²) < 4.78 is 0.861. The number of nitrogens with one attached hydrogen (secondary N) is 1. The Bertz CT molecular complexity index is 438. The molecule has 7 heteroatoms. The van der Waals surface area contributed by atoms with Crippen molar-refractivity contribution < 1.29 is 4.79 Å². The first-order chi connectivity index (χ1) is 9.74. The van der Waals surface area contributed by atoms with E-state index in [1.54, 1.807) is 0 Å². The molecular formula is C13H22N4OS2. The zero-order valence-corrected chi connectivity index (χ0v) is 13.7. The van der Waals surface area contributed by atoms with Crippen LogP contribution in [0.25, 0.3) is 0 Å². The van der Waals surface area contributed by atoms with Crippen LogP contribution >= 0.6 is 23.1 Å². The minimum Gasteiger partial charge on any atom is -0.360 e. The molecule has 1 fully saturated rings. The van der Waals surface area contributed by atoms with Gasteiger partial charge in [-0.25, -0.2) is 0 Å². The number of hydrogen-bond donors (Lipinski definition) is 1. The molecular weight excluding hydrogens is 292 g/mol. The molecule has 20 heavy (non-hydrogen) atoms. The van der Waals surface area contributed by atoms with Crippen LogP contribution in [0, 0.1) is 0 Å². The third kappa shape index (κ3) is 4.09. The van der Waals surface area contributed by atoms with E-state index in [1.807, 2.05) is 6.92 Å². The van der Waals surface area contributed by atoms with Crippen molar-refractivity contribution in [2.75, 3.05) is 24.2 Å². The number of aromatic nitrogens is 2. The molecule has 0 radical (unpaired) electrons. The fourth-order valence-electron chi connectivity index (χ4n) is 2.45. The topological polar surface area (TPSA) is 58.1 Å². The number of amides is 1. The lowest BCUT2D eigenvalue weighted by Gasteiger charge is -2.35. The smallest absolute Gasteiger partial charge is 0.233 e. The molecule has 1 atom stereocenters. The molecule has 112 valence electrons. The summed E-state index contributed by atoms with van der Waals surface area (Å²) in [6.45, 7) is 5.94. The van der Waals surface area contributed by atoms with Gasteiger partial charge in [0, 0.05) is 19.1 Å². The van der Waals surface area contributed by atoms with Crippen LogP contribution < -0.4 is 5.32 Å². The van der Waals surface area contributed by atoms with Crippen LogP contribution in [0.15, 0.2) is 4.34 Å². The molecule has 0 aliphatic carbocycles. The number of carbonyl (C=O) groups excluding carboxylic acids is 1. The highest BCUT2D eigenvalue weighted by Crippen LogP contribution is 2.27. The number of carbonyl (C=O) groups is 1. The Balaban J connectivity index is 1.84. The van der Waals surface area contributed by atoms with Gasteiger partial charge < -0.3 is 10.2 Å². The lowest BCUT2D eigenvalue weighted by molar-refractivity contribution is -0.132. The number of thioether (sulfide) groups is 1. The lowest BCUT2D eigenvalue weighted by atomic mass is 10.0. The van der Waals surface area contributed by atoms with Gasteiger partial charge in [-0.15, -0.1) is 10.2 Å². The monoisotopic (exact) mass is 314 g/mol. The van der Waals surface area contributed by atoms with Gasteiger partial charge in [-0.2, -0.15) is 0 Å². The van der Waals surface area contributed by atoms with Crippen molar-refractivity contribution in [1.82, 2.24) is 15.1 Å². The Morgan fingerprint density at radius 2 is 2.30 bits per heavy atom. The summed E-state index contributed by atoms with van der Waals surface area (Å²) >= 11 is 3.01. The van der Waals surface area contributed by atoms with E-state index in [9.17, 15) is 4.79 Å². The largest absolute Gasteiger partial charge is 0.360 e. The summed E-state index contributed by atoms with van der Waals surface area (Å²) in [7, 11) is 0. The molecule has 2 heterocycles. The Labute approximate surface area is 128 Å². The van der Waals surface area contributed by atoms with E-state index in [1.165, 1.54) is 29.5 Å². The van der Waals surface area contributed by atoms with Crippen molar-refractivity contribution in [2.24, 2.45) is 0 Å². The maximum Gasteiger partial charge on any atom is 0.233 e. The van der Waals surface area contributed by atoms with Crippen LogP contribution in [-0.2, 0) is 4.79 Å². The van der Waals surface area contributed by atoms with E-state index in [2.05, 4.69) is 27.3 Å². The van der Waals surface area contributed by atoms with Gasteiger partial charge >= 0.3 is 0 Å². The van der Waals surface area contributed by atoms with Gasteiger partial charge in [0.15, 0.2) is 4.34 Å². The molecule has 1 aromatic rings. The molecule has 0 bridgehead atoms. The second-order valence-corrected chi connectivity index (χ2v) is 7.04. The summed E-state index contributed by atoms with van der Waals surface area (Å²) in [6, 6.07) is 0.434. The predicted octanol–water partition coefficient (Wildman–Crippen LogP) is 2.85. The van der Waals surface area contributed by atoms with E-state index in [4.69, 9.17) is 0 Å². The number of nitrogens with zero attached hydrogens (tertiary/aromatic N) is 3. The van der Waals surface area contributed by atoms with Crippen molar-refractivity contribution in [3.63, 3.8) is 0 Å². The first-order valence-corrected chi connectivity index (χ1v) is 9.04. The quantitative estimate of drug-likeness (QED) is 0.818. The minimum atomic E-state index is 0.238. The minimum absolute atomic E-state index is 0.238. The number of likely N-dealkylation sites (tertiary alicyclic amines) is 1. The standard InChI is InChI=1S/C13H22N4OS2/c1-3-10-7-5-6-8-17(10)11(18)9-19-13-16-15-12(20-13)14-4-2/h10H,3-9H2,1-2H3,(H,14,15)/t10-/m0/s1. The molecule has 1 aliphatic rings. The third-order valence-electron chi connectivity index (χ3n) is 3.47. The van der Waals surface area contributed by atoms with Gasteiger partial charge in [-0.1, -0.05) is 30.0 Å². The Kier molecular flexibility index (Phi) is 6.09. The van der Waals surface area contributed by atoms with Gasteiger partial charge in [0.2, 0.25) is 11.0 Å². The van der Waals surface area contributed by atoms with E-state index < -0.39 is 0 Å². The van der Waals surface area contributed by atoms with E-state index >= 15 is 0 Å². The molecule has 0 saturated carbocycles. The molecule has 1 saturated heterocycles. The average Bonchev–Trinajstić information content (AvgIpc) is 2.93. The second kappa shape index (κ2) is 7.83. The zero-order valence-electron chi connectivity index (χ0n) is 12.1. The van der Waals surface area contributed by atoms with Crippen LogP contribution in [0.3, 0.4) is 0 Å². The van der Waals surface area contributed by atoms with Gasteiger partial charge in [-0.05, 0) is 32.6 Å². The van der Waals surface area contributed by atoms with E-state index in [0.717, 1.165) is 41.8 Å². The SMILES string of the molecule is CCNc1nnc(SCC(=O)N2CCCC[C@@H]2CC)s1. The fraction of sp³-hybridized carbons (Fsp3) is 0.769. The summed E-state index contributed by atoms with van der Waals surface area (Å²) in [5, 5.41) is 12.1. The van der Waals surface area contributed by atoms with Crippen LogP contribution in [0.1, 0.15) is 39.5 Å². The van der Waals surface area contributed by atoms with Crippen LogP contribution in [0.5, 0.6) is 0 Å². The summed E-state index contributed by atoms with van der Waals surface area (Å²) in [5.74, 6) is 0.707. The summed E-state index contributed by atoms with van der Waals surface area (Å²) in [6.07, 6.45) is 4.59. The molecule has 1 aromatic heterocycles. The zero-order chi connectivity index (χ0) is 14.4. The molecule has 1 N–H and O–H groups in total. The fourth-order valence-corrected chi connectivity index (χ4v) is 4.16. The molecule has 5 nitrogen and oxygen atoms in total. The van der Waals surface area contributed by atoms with Crippen LogP contribution in [0.2, 0.25) is 0 Å². The van der Waals surface area contributed by atoms with Crippen molar-refractivity contribution in [2.45, 2.75) is 49.9 Å². The summed E-state index contributed by atoms with van der Waals surface area (Å²) in [5.41, 5.74) is 0. The number of piperidine rings is 1. The van der Waals surface area contributed by atoms with Gasteiger partial charge in [0.25, 0.3) is 0 Å². The highest BCUT2D eigenvalue weighted by Gasteiger charge is 2.25. The van der Waals surface area contributed by atoms with Crippen LogP contribution in [-0.4, -0.2) is 45.9 Å². The summed E-state index contributed by atoms with van der Waals surface area (Å²) in [4.78, 5) is 14.4. The molecule has 0 unspecified atom stereocenters. The lowest BCUT2D eigenvalue weighted by Crippen LogP contribution is -2.44. The van der Waals surface area contributed by atoms with Crippen molar-refractivity contribution in [3.05, 3.63) is 0 Å². The Morgan fingerprint density at radius 1 is 1.45 bits per heavy atom. The van der Waals surface area contributed by atoms with Gasteiger partial charge in [0.1, 0.15) is 0 Å². The maximum atomic E-state index is 12.3. The normalized spacial score (nSPS) is 19.1. The van der Waals surface area contributed by atoms with E-state index in [0.29, 0.717) is 11.8 Å². The highest BCUT2D eigenvalue weighted by molar-refractivity contribution is 8.01. The maximum absolute atomic E-state index is 12.3. The molecule has 2 rings (SSSR count). The second-order valence-electron chi connectivity index (χ2n) is 4.84. The van der Waals surface area contributed by atoms with Gasteiger partial charge in [0.05, 0.1) is 5.75 Å². The van der Waals surface area contributed by atoms with Crippen molar-refractivity contribution in [1.29, 1.82) is 0 Å². The molecule has 0 aromatic carbocycles. The highest BCUT2D eigenvalue weighted by atomic mass is 32.2. The van der Waals surface area contributed by atoms with Gasteiger partial charge in [-0.3, -0.25) is 4.79 Å². The first kappa shape index (κ1) is 15.6. The third-order valence-corrected chi connectivity index (χ3v) is 5.47. The molecule has 1 aliphatic heterocycles. The Hall–Kier alpha value is -0.820. The molecule has 1 amide bonds. The molecule has 0 spiro atoms. The van der Waals surface area contributed by atoms with E-state index in [-0.39, 0.29) is 5.91 Å².